The SMILES string of the molecule is COc1ccc(CNc2nc(C)cc(Nc3ccc(N(C)C)cc3)n2)cc1. The predicted molar refractivity (Wildman–Crippen MR) is 111 cm³/mol. The predicted octanol–water partition coefficient (Wildman–Crippen LogP) is 4.22. The summed E-state index contributed by atoms with van der Waals surface area (Å²) in [7, 11) is 5.71. The minimum Gasteiger partial charge on any atom is -0.497 e. The lowest BCUT2D eigenvalue weighted by Gasteiger charge is -2.14. The topological polar surface area (TPSA) is 62.3 Å². The first kappa shape index (κ1) is 18.5. The molecule has 3 rings (SSSR count). The second kappa shape index (κ2) is 8.40. The summed E-state index contributed by atoms with van der Waals surface area (Å²) in [5.74, 6) is 2.20. The Balaban J connectivity index is 1.67. The van der Waals surface area contributed by atoms with Gasteiger partial charge in [-0.15, -0.1) is 0 Å². The van der Waals surface area contributed by atoms with Crippen LogP contribution in [0.5, 0.6) is 5.75 Å². The van der Waals surface area contributed by atoms with E-state index in [1.165, 1.54) is 0 Å². The molecule has 2 N–H and O–H groups in total. The fourth-order valence-corrected chi connectivity index (χ4v) is 2.63. The van der Waals surface area contributed by atoms with Crippen molar-refractivity contribution in [2.24, 2.45) is 0 Å². The van der Waals surface area contributed by atoms with Gasteiger partial charge in [0, 0.05) is 43.8 Å². The van der Waals surface area contributed by atoms with Gasteiger partial charge in [-0.1, -0.05) is 12.1 Å². The fourth-order valence-electron chi connectivity index (χ4n) is 2.63. The molecule has 0 fully saturated rings. The van der Waals surface area contributed by atoms with E-state index in [-0.39, 0.29) is 0 Å². The van der Waals surface area contributed by atoms with Crippen LogP contribution >= 0.6 is 0 Å². The molecule has 1 aromatic heterocycles. The average Bonchev–Trinajstić information content (AvgIpc) is 2.67. The molecule has 0 saturated heterocycles. The van der Waals surface area contributed by atoms with E-state index in [2.05, 4.69) is 37.6 Å². The van der Waals surface area contributed by atoms with Gasteiger partial charge in [0.05, 0.1) is 7.11 Å². The van der Waals surface area contributed by atoms with Crippen LogP contribution in [0, 0.1) is 6.92 Å². The first-order valence-electron chi connectivity index (χ1n) is 8.80. The van der Waals surface area contributed by atoms with E-state index in [0.717, 1.165) is 34.2 Å². The van der Waals surface area contributed by atoms with Crippen molar-refractivity contribution >= 4 is 23.1 Å². The zero-order valence-electron chi connectivity index (χ0n) is 16.2. The van der Waals surface area contributed by atoms with Crippen LogP contribution in [0.2, 0.25) is 0 Å². The first-order chi connectivity index (χ1) is 13.0. The maximum atomic E-state index is 5.18. The molecule has 6 nitrogen and oxygen atoms in total. The highest BCUT2D eigenvalue weighted by Crippen LogP contribution is 2.20. The van der Waals surface area contributed by atoms with Crippen molar-refractivity contribution in [3.05, 3.63) is 65.9 Å². The quantitative estimate of drug-likeness (QED) is 0.655. The third-order valence-corrected chi connectivity index (χ3v) is 4.12. The van der Waals surface area contributed by atoms with Crippen molar-refractivity contribution in [1.29, 1.82) is 0 Å². The van der Waals surface area contributed by atoms with Crippen LogP contribution in [0.4, 0.5) is 23.1 Å². The van der Waals surface area contributed by atoms with Crippen molar-refractivity contribution < 1.29 is 4.74 Å². The molecule has 0 spiro atoms. The van der Waals surface area contributed by atoms with Crippen molar-refractivity contribution in [2.75, 3.05) is 36.7 Å². The molecule has 0 aliphatic carbocycles. The summed E-state index contributed by atoms with van der Waals surface area (Å²) >= 11 is 0. The van der Waals surface area contributed by atoms with Gasteiger partial charge >= 0.3 is 0 Å². The summed E-state index contributed by atoms with van der Waals surface area (Å²) in [5.41, 5.74) is 4.17. The maximum Gasteiger partial charge on any atom is 0.225 e. The summed E-state index contributed by atoms with van der Waals surface area (Å²) in [5, 5.41) is 6.62. The van der Waals surface area contributed by atoms with Crippen molar-refractivity contribution in [2.45, 2.75) is 13.5 Å². The molecule has 3 aromatic rings. The van der Waals surface area contributed by atoms with Crippen LogP contribution in [-0.2, 0) is 6.54 Å². The van der Waals surface area contributed by atoms with Crippen LogP contribution in [-0.4, -0.2) is 31.2 Å². The van der Waals surface area contributed by atoms with E-state index < -0.39 is 0 Å². The summed E-state index contributed by atoms with van der Waals surface area (Å²) < 4.78 is 5.18. The standard InChI is InChI=1S/C21H25N5O/c1-15-13-20(24-17-7-9-18(10-8-17)26(2)3)25-21(23-15)22-14-16-5-11-19(27-4)12-6-16/h5-13H,14H2,1-4H3,(H2,22,23,24,25). The van der Waals surface area contributed by atoms with Crippen molar-refractivity contribution in [1.82, 2.24) is 9.97 Å². The Hall–Kier alpha value is -3.28. The molecule has 0 bridgehead atoms. The van der Waals surface area contributed by atoms with Gasteiger partial charge in [-0.2, -0.15) is 4.98 Å². The van der Waals surface area contributed by atoms with E-state index in [1.54, 1.807) is 7.11 Å². The lowest BCUT2D eigenvalue weighted by molar-refractivity contribution is 0.414. The van der Waals surface area contributed by atoms with Gasteiger partial charge in [-0.05, 0) is 48.9 Å². The number of methoxy groups -OCH3 is 1. The average molecular weight is 363 g/mol. The summed E-state index contributed by atoms with van der Waals surface area (Å²) in [4.78, 5) is 11.1. The molecule has 27 heavy (non-hydrogen) atoms. The van der Waals surface area contributed by atoms with Gasteiger partial charge in [0.15, 0.2) is 0 Å². The Morgan fingerprint density at radius 2 is 1.67 bits per heavy atom. The second-order valence-electron chi connectivity index (χ2n) is 6.49. The molecule has 0 aliphatic rings. The third-order valence-electron chi connectivity index (χ3n) is 4.12. The number of aromatic nitrogens is 2. The third kappa shape index (κ3) is 5.10. The van der Waals surface area contributed by atoms with Crippen molar-refractivity contribution in [3.63, 3.8) is 0 Å². The van der Waals surface area contributed by atoms with E-state index in [4.69, 9.17) is 4.74 Å². The Labute approximate surface area is 160 Å². The van der Waals surface area contributed by atoms with Gasteiger partial charge in [0.25, 0.3) is 0 Å². The molecule has 1 heterocycles. The molecule has 0 radical (unpaired) electrons. The van der Waals surface area contributed by atoms with Crippen LogP contribution in [0.25, 0.3) is 0 Å². The lowest BCUT2D eigenvalue weighted by Crippen LogP contribution is -2.08. The Kier molecular flexibility index (Phi) is 5.76. The minimum atomic E-state index is 0.596. The smallest absolute Gasteiger partial charge is 0.225 e. The van der Waals surface area contributed by atoms with Gasteiger partial charge < -0.3 is 20.3 Å². The number of aryl methyl sites for hydroxylation is 1. The largest absolute Gasteiger partial charge is 0.497 e. The van der Waals surface area contributed by atoms with E-state index in [1.807, 2.05) is 63.5 Å². The molecule has 0 saturated carbocycles. The lowest BCUT2D eigenvalue weighted by atomic mass is 10.2. The normalized spacial score (nSPS) is 10.4. The Morgan fingerprint density at radius 3 is 2.30 bits per heavy atom. The molecular weight excluding hydrogens is 338 g/mol. The van der Waals surface area contributed by atoms with Gasteiger partial charge in [-0.25, -0.2) is 4.98 Å². The van der Waals surface area contributed by atoms with Crippen LogP contribution in [0.3, 0.4) is 0 Å². The summed E-state index contributed by atoms with van der Waals surface area (Å²) in [6, 6.07) is 18.1. The molecule has 2 aromatic carbocycles. The van der Waals surface area contributed by atoms with Crippen LogP contribution < -0.4 is 20.3 Å². The molecule has 0 unspecified atom stereocenters. The minimum absolute atomic E-state index is 0.596. The monoisotopic (exact) mass is 363 g/mol. The first-order valence-corrected chi connectivity index (χ1v) is 8.80. The van der Waals surface area contributed by atoms with Gasteiger partial charge in [0.2, 0.25) is 5.95 Å². The Bertz CT molecular complexity index is 876. The van der Waals surface area contributed by atoms with Gasteiger partial charge in [0.1, 0.15) is 11.6 Å². The molecule has 6 heteroatoms. The summed E-state index contributed by atoms with van der Waals surface area (Å²) in [6.07, 6.45) is 0. The van der Waals surface area contributed by atoms with E-state index in [0.29, 0.717) is 12.5 Å². The maximum absolute atomic E-state index is 5.18. The van der Waals surface area contributed by atoms with E-state index >= 15 is 0 Å². The summed E-state index contributed by atoms with van der Waals surface area (Å²) in [6.45, 7) is 2.60. The van der Waals surface area contributed by atoms with E-state index in [9.17, 15) is 0 Å². The highest BCUT2D eigenvalue weighted by atomic mass is 16.5. The number of rotatable bonds is 7. The molecule has 0 amide bonds. The zero-order valence-corrected chi connectivity index (χ0v) is 16.2. The number of hydrogen-bond acceptors (Lipinski definition) is 6. The zero-order chi connectivity index (χ0) is 19.2. The highest BCUT2D eigenvalue weighted by Gasteiger charge is 2.04. The number of benzene rings is 2. The number of nitrogens with zero attached hydrogens (tertiary/aromatic N) is 3. The van der Waals surface area contributed by atoms with Gasteiger partial charge in [-0.3, -0.25) is 0 Å². The molecule has 0 aliphatic heterocycles. The number of nitrogens with one attached hydrogen (secondary N) is 2. The number of ether oxygens (including phenoxy) is 1. The van der Waals surface area contributed by atoms with Crippen LogP contribution in [0.1, 0.15) is 11.3 Å². The second-order valence-corrected chi connectivity index (χ2v) is 6.49. The number of anilines is 4. The number of hydrogen-bond donors (Lipinski definition) is 2. The fraction of sp³-hybridized carbons (Fsp3) is 0.238. The highest BCUT2D eigenvalue weighted by molar-refractivity contribution is 5.61. The molecular formula is C21H25N5O. The molecule has 140 valence electrons. The van der Waals surface area contributed by atoms with Crippen molar-refractivity contribution in [3.8, 4) is 5.75 Å². The molecule has 0 atom stereocenters. The van der Waals surface area contributed by atoms with Crippen LogP contribution in [0.15, 0.2) is 54.6 Å². The Morgan fingerprint density at radius 1 is 0.963 bits per heavy atom.